The van der Waals surface area contributed by atoms with Crippen molar-refractivity contribution in [3.8, 4) is 11.1 Å². The van der Waals surface area contributed by atoms with Gasteiger partial charge in [-0.15, -0.1) is 0 Å². The molecule has 2 aromatic carbocycles. The molecule has 0 spiro atoms. The number of aliphatic carboxylic acids is 1. The first-order valence-corrected chi connectivity index (χ1v) is 10.4. The summed E-state index contributed by atoms with van der Waals surface area (Å²) in [5.74, 6) is -7.59. The second kappa shape index (κ2) is 9.17. The van der Waals surface area contributed by atoms with Gasteiger partial charge in [0.2, 0.25) is 5.91 Å². The Bertz CT molecular complexity index is 1020. The predicted molar refractivity (Wildman–Crippen MR) is 117 cm³/mol. The van der Waals surface area contributed by atoms with Crippen LogP contribution in [0.5, 0.6) is 0 Å². The summed E-state index contributed by atoms with van der Waals surface area (Å²) in [6.07, 6.45) is -0.878. The third-order valence-corrected chi connectivity index (χ3v) is 5.53. The fourth-order valence-corrected chi connectivity index (χ4v) is 3.81. The van der Waals surface area contributed by atoms with Gasteiger partial charge < -0.3 is 20.5 Å². The largest absolute Gasteiger partial charge is 0.477 e. The van der Waals surface area contributed by atoms with Crippen LogP contribution in [0, 0.1) is 5.41 Å². The first-order valence-electron chi connectivity index (χ1n) is 10.4. The van der Waals surface area contributed by atoms with Crippen LogP contribution in [0.25, 0.3) is 11.1 Å². The van der Waals surface area contributed by atoms with E-state index in [9.17, 15) is 23.2 Å². The molecule has 0 saturated heterocycles. The molecule has 0 aliphatic heterocycles. The molecule has 0 saturated carbocycles. The number of carboxylic acid groups (broad SMARTS) is 1. The zero-order valence-corrected chi connectivity index (χ0v) is 18.5. The number of halogens is 2. The Morgan fingerprint density at radius 3 is 2.00 bits per heavy atom. The minimum atomic E-state index is -4.12. The summed E-state index contributed by atoms with van der Waals surface area (Å²) in [5, 5.41) is 12.8. The van der Waals surface area contributed by atoms with E-state index in [-0.39, 0.29) is 12.5 Å². The maximum absolute atomic E-state index is 13.3. The van der Waals surface area contributed by atoms with Crippen molar-refractivity contribution in [1.29, 1.82) is 0 Å². The number of carbonyl (C=O) groups excluding carboxylic acids is 2. The number of fused-ring (bicyclic) bond motifs is 3. The number of alkyl carbamates (subject to hydrolysis) is 1. The number of alkyl halides is 2. The van der Waals surface area contributed by atoms with Crippen molar-refractivity contribution in [2.75, 3.05) is 13.2 Å². The van der Waals surface area contributed by atoms with Crippen LogP contribution in [0.1, 0.15) is 37.8 Å². The highest BCUT2D eigenvalue weighted by molar-refractivity contribution is 5.87. The molecule has 176 valence electrons. The molecule has 33 heavy (non-hydrogen) atoms. The fraction of sp³-hybridized carbons (Fsp3) is 0.375. The molecule has 7 nitrogen and oxygen atoms in total. The van der Waals surface area contributed by atoms with Crippen LogP contribution in [0.15, 0.2) is 48.5 Å². The van der Waals surface area contributed by atoms with Crippen molar-refractivity contribution >= 4 is 18.0 Å². The second-order valence-corrected chi connectivity index (χ2v) is 9.00. The number of hydrogen-bond donors (Lipinski definition) is 3. The minimum absolute atomic E-state index is 0.0232. The van der Waals surface area contributed by atoms with E-state index in [2.05, 4.69) is 5.32 Å². The topological polar surface area (TPSA) is 105 Å². The van der Waals surface area contributed by atoms with Crippen molar-refractivity contribution in [2.24, 2.45) is 5.41 Å². The van der Waals surface area contributed by atoms with Crippen LogP contribution in [0.4, 0.5) is 13.6 Å². The molecule has 1 aliphatic carbocycles. The van der Waals surface area contributed by atoms with E-state index in [1.165, 1.54) is 0 Å². The molecule has 2 amide bonds. The molecule has 0 aromatic heterocycles. The lowest BCUT2D eigenvalue weighted by molar-refractivity contribution is -0.164. The summed E-state index contributed by atoms with van der Waals surface area (Å²) in [7, 11) is 0. The molecule has 0 heterocycles. The number of ether oxygens (including phenoxy) is 1. The van der Waals surface area contributed by atoms with Crippen LogP contribution in [0.2, 0.25) is 0 Å². The number of rotatable bonds is 7. The molecule has 0 bridgehead atoms. The van der Waals surface area contributed by atoms with Gasteiger partial charge in [-0.25, -0.2) is 9.59 Å². The van der Waals surface area contributed by atoms with Gasteiger partial charge in [0.15, 0.2) is 0 Å². The van der Waals surface area contributed by atoms with Crippen LogP contribution >= 0.6 is 0 Å². The number of nitrogens with one attached hydrogen (secondary N) is 2. The van der Waals surface area contributed by atoms with E-state index in [4.69, 9.17) is 9.84 Å². The summed E-state index contributed by atoms with van der Waals surface area (Å²) < 4.78 is 32.1. The molecule has 3 rings (SSSR count). The van der Waals surface area contributed by atoms with Crippen molar-refractivity contribution in [2.45, 2.75) is 38.7 Å². The van der Waals surface area contributed by atoms with Crippen LogP contribution in [0.3, 0.4) is 0 Å². The highest BCUT2D eigenvalue weighted by Gasteiger charge is 2.41. The highest BCUT2D eigenvalue weighted by Crippen LogP contribution is 2.44. The summed E-state index contributed by atoms with van der Waals surface area (Å²) in [6, 6.07) is 14.4. The first kappa shape index (κ1) is 24.2. The molecule has 0 radical (unpaired) electrons. The second-order valence-electron chi connectivity index (χ2n) is 9.00. The molecule has 2 aromatic rings. The predicted octanol–water partition coefficient (Wildman–Crippen LogP) is 3.78. The van der Waals surface area contributed by atoms with E-state index in [0.717, 1.165) is 22.3 Å². The first-order chi connectivity index (χ1) is 15.4. The van der Waals surface area contributed by atoms with Gasteiger partial charge in [-0.3, -0.25) is 4.79 Å². The van der Waals surface area contributed by atoms with Crippen LogP contribution in [-0.2, 0) is 14.3 Å². The standard InChI is InChI=1S/C24H26F2N2O5/c1-23(2,3)19(20(29)27-13-24(25,26)21(30)31)28-22(32)33-12-18-16-10-6-4-8-14(16)15-9-5-7-11-17(15)18/h4-11,18-19H,12-13H2,1-3H3,(H,27,29)(H,28,32)(H,30,31). The summed E-state index contributed by atoms with van der Waals surface area (Å²) in [4.78, 5) is 35.6. The van der Waals surface area contributed by atoms with Gasteiger partial charge in [0.25, 0.3) is 0 Å². The van der Waals surface area contributed by atoms with Crippen molar-refractivity contribution in [1.82, 2.24) is 10.6 Å². The highest BCUT2D eigenvalue weighted by atomic mass is 19.3. The lowest BCUT2D eigenvalue weighted by atomic mass is 9.86. The summed E-state index contributed by atoms with van der Waals surface area (Å²) >= 11 is 0. The van der Waals surface area contributed by atoms with Gasteiger partial charge in [0.05, 0.1) is 6.54 Å². The Labute approximate surface area is 190 Å². The maximum atomic E-state index is 13.3. The molecule has 1 unspecified atom stereocenters. The Balaban J connectivity index is 1.67. The molecular formula is C24H26F2N2O5. The van der Waals surface area contributed by atoms with Crippen LogP contribution < -0.4 is 10.6 Å². The number of carbonyl (C=O) groups is 3. The molecule has 9 heteroatoms. The quantitative estimate of drug-likeness (QED) is 0.583. The summed E-state index contributed by atoms with van der Waals surface area (Å²) in [6.45, 7) is 3.54. The van der Waals surface area contributed by atoms with Gasteiger partial charge in [-0.1, -0.05) is 69.3 Å². The molecule has 1 aliphatic rings. The zero-order valence-electron chi connectivity index (χ0n) is 18.5. The van der Waals surface area contributed by atoms with E-state index in [1.54, 1.807) is 20.8 Å². The van der Waals surface area contributed by atoms with Crippen molar-refractivity contribution in [3.63, 3.8) is 0 Å². The Morgan fingerprint density at radius 2 is 1.52 bits per heavy atom. The van der Waals surface area contributed by atoms with E-state index < -0.39 is 41.9 Å². The number of hydrogen-bond acceptors (Lipinski definition) is 4. The SMILES string of the molecule is CC(C)(C)C(NC(=O)OCC1c2ccccc2-c2ccccc21)C(=O)NCC(F)(F)C(=O)O. The number of benzene rings is 2. The van der Waals surface area contributed by atoms with Gasteiger partial charge in [0.1, 0.15) is 12.6 Å². The van der Waals surface area contributed by atoms with Gasteiger partial charge in [-0.05, 0) is 27.7 Å². The third-order valence-electron chi connectivity index (χ3n) is 5.53. The molecule has 0 fully saturated rings. The smallest absolute Gasteiger partial charge is 0.407 e. The molecule has 1 atom stereocenters. The Hall–Kier alpha value is -3.49. The van der Waals surface area contributed by atoms with E-state index in [0.29, 0.717) is 0 Å². The van der Waals surface area contributed by atoms with Gasteiger partial charge in [-0.2, -0.15) is 8.78 Å². The average Bonchev–Trinajstić information content (AvgIpc) is 3.07. The molecular weight excluding hydrogens is 434 g/mol. The van der Waals surface area contributed by atoms with E-state index >= 15 is 0 Å². The summed E-state index contributed by atoms with van der Waals surface area (Å²) in [5.41, 5.74) is 3.32. The third kappa shape index (κ3) is 5.30. The van der Waals surface area contributed by atoms with Crippen molar-refractivity contribution in [3.05, 3.63) is 59.7 Å². The Morgan fingerprint density at radius 1 is 1.00 bits per heavy atom. The monoisotopic (exact) mass is 460 g/mol. The minimum Gasteiger partial charge on any atom is -0.477 e. The van der Waals surface area contributed by atoms with Gasteiger partial charge >= 0.3 is 18.0 Å². The molecule has 3 N–H and O–H groups in total. The van der Waals surface area contributed by atoms with Gasteiger partial charge in [0, 0.05) is 5.92 Å². The van der Waals surface area contributed by atoms with Crippen molar-refractivity contribution < 1.29 is 33.0 Å². The lowest BCUT2D eigenvalue weighted by Crippen LogP contribution is -2.55. The average molecular weight is 460 g/mol. The normalized spacial score (nSPS) is 14.1. The number of amides is 2. The van der Waals surface area contributed by atoms with Crippen LogP contribution in [-0.4, -0.2) is 48.2 Å². The lowest BCUT2D eigenvalue weighted by Gasteiger charge is -2.30. The van der Waals surface area contributed by atoms with E-state index in [1.807, 2.05) is 53.8 Å². The zero-order chi connectivity index (χ0) is 24.4. The fourth-order valence-electron chi connectivity index (χ4n) is 3.81. The Kier molecular flexibility index (Phi) is 6.71. The maximum Gasteiger partial charge on any atom is 0.407 e. The number of carboxylic acids is 1.